The van der Waals surface area contributed by atoms with Crippen LogP contribution in [0.1, 0.15) is 0 Å². The van der Waals surface area contributed by atoms with Crippen molar-refractivity contribution >= 4 is 54.1 Å². The first-order valence-electron chi connectivity index (χ1n) is 14.5. The molecule has 0 aromatic carbocycles. The first-order valence-corrected chi connectivity index (χ1v) is 18.1. The second-order valence-corrected chi connectivity index (χ2v) is 15.5. The van der Waals surface area contributed by atoms with Crippen LogP contribution in [0.3, 0.4) is 0 Å². The van der Waals surface area contributed by atoms with Gasteiger partial charge in [-0.2, -0.15) is 0 Å². The summed E-state index contributed by atoms with van der Waals surface area (Å²) in [5.74, 6) is 1.63. The van der Waals surface area contributed by atoms with Gasteiger partial charge in [0.25, 0.3) is 0 Å². The van der Waals surface area contributed by atoms with Crippen LogP contribution in [0.4, 0.5) is 34.4 Å². The lowest BCUT2D eigenvalue weighted by Crippen LogP contribution is -2.40. The quantitative estimate of drug-likeness (QED) is 0.329. The Morgan fingerprint density at radius 2 is 1.07 bits per heavy atom. The number of rotatable bonds is 5. The third-order valence-corrected chi connectivity index (χ3v) is 11.2. The molecule has 44 heavy (non-hydrogen) atoms. The maximum atomic E-state index is 11.5. The molecule has 4 saturated heterocycles. The number of morpholine rings is 2. The van der Waals surface area contributed by atoms with E-state index in [2.05, 4.69) is 14.9 Å². The maximum absolute atomic E-state index is 11.5. The van der Waals surface area contributed by atoms with Crippen molar-refractivity contribution in [3.63, 3.8) is 0 Å². The van der Waals surface area contributed by atoms with Crippen LogP contribution in [0.15, 0.2) is 24.5 Å². The summed E-state index contributed by atoms with van der Waals surface area (Å²) in [6.45, 7) is 6.78. The number of anilines is 5. The second-order valence-electron chi connectivity index (χ2n) is 10.9. The number of hydrogen-bond donors (Lipinski definition) is 1. The molecule has 18 heteroatoms. The first-order chi connectivity index (χ1) is 21.0. The first kappa shape index (κ1) is 31.9. The molecule has 0 atom stereocenters. The van der Waals surface area contributed by atoms with E-state index in [0.29, 0.717) is 82.9 Å². The molecule has 0 amide bonds. The van der Waals surface area contributed by atoms with E-state index in [1.807, 2.05) is 20.8 Å². The van der Waals surface area contributed by atoms with Crippen LogP contribution < -0.4 is 25.3 Å². The topological polar surface area (TPSA) is 195 Å². The second kappa shape index (κ2) is 13.7. The average Bonchev–Trinajstić information content (AvgIpc) is 3.02. The van der Waals surface area contributed by atoms with Crippen molar-refractivity contribution in [2.24, 2.45) is 0 Å². The largest absolute Gasteiger partial charge is 0.396 e. The molecule has 0 aliphatic carbocycles. The third-order valence-electron chi connectivity index (χ3n) is 7.95. The van der Waals surface area contributed by atoms with Gasteiger partial charge in [-0.3, -0.25) is 10.1 Å². The molecule has 2 N–H and O–H groups in total. The normalized spacial score (nSPS) is 21.7. The third kappa shape index (κ3) is 7.96. The van der Waals surface area contributed by atoms with Crippen LogP contribution in [0.25, 0.3) is 0 Å². The Morgan fingerprint density at radius 3 is 1.50 bits per heavy atom. The molecule has 6 rings (SSSR count). The molecule has 4 aliphatic heterocycles. The minimum absolute atomic E-state index is 0.0576. The van der Waals surface area contributed by atoms with Gasteiger partial charge < -0.3 is 34.8 Å². The van der Waals surface area contributed by atoms with Crippen molar-refractivity contribution in [1.29, 1.82) is 0 Å². The number of nitrogens with two attached hydrogens (primary N) is 1. The highest BCUT2D eigenvalue weighted by Crippen LogP contribution is 2.31. The molecular formula is C26H38N8O8S2. The predicted molar refractivity (Wildman–Crippen MR) is 167 cm³/mol. The van der Waals surface area contributed by atoms with E-state index < -0.39 is 24.6 Å². The Morgan fingerprint density at radius 1 is 0.659 bits per heavy atom. The van der Waals surface area contributed by atoms with Gasteiger partial charge in [-0.25, -0.2) is 26.8 Å². The fourth-order valence-electron chi connectivity index (χ4n) is 5.38. The number of ether oxygens (including phenoxy) is 2. The van der Waals surface area contributed by atoms with Crippen LogP contribution in [0, 0.1) is 10.1 Å². The van der Waals surface area contributed by atoms with Crippen LogP contribution >= 0.6 is 0 Å². The molecular weight excluding hydrogens is 616 g/mol. The summed E-state index contributed by atoms with van der Waals surface area (Å²) in [6, 6.07) is 3.37. The zero-order valence-electron chi connectivity index (χ0n) is 24.4. The number of aromatic nitrogens is 2. The summed E-state index contributed by atoms with van der Waals surface area (Å²) < 4.78 is 56.5. The van der Waals surface area contributed by atoms with Crippen molar-refractivity contribution in [1.82, 2.24) is 9.97 Å². The molecule has 2 aromatic heterocycles. The van der Waals surface area contributed by atoms with Gasteiger partial charge in [0.2, 0.25) is 5.82 Å². The van der Waals surface area contributed by atoms with Gasteiger partial charge in [0.15, 0.2) is 25.5 Å². The summed E-state index contributed by atoms with van der Waals surface area (Å²) in [5, 5.41) is 11.4. The van der Waals surface area contributed by atoms with E-state index in [-0.39, 0.29) is 28.7 Å². The molecule has 242 valence electrons. The zero-order valence-corrected chi connectivity index (χ0v) is 26.0. The highest BCUT2D eigenvalue weighted by molar-refractivity contribution is 7.91. The lowest BCUT2D eigenvalue weighted by atomic mass is 10.3. The number of nitrogen functional groups attached to an aromatic ring is 1. The molecule has 0 radical (unpaired) electrons. The Bertz CT molecular complexity index is 1520. The zero-order chi connectivity index (χ0) is 31.3. The fraction of sp³-hybridized carbons (Fsp3) is 0.615. The smallest absolute Gasteiger partial charge is 0.313 e. The standard InChI is InChI=1S/C13H18N4O5S.C13H20N4O3S/c18-17(19)12-9-11(15-3-7-23(20,21)8-4-15)10-14-13(12)16-1-5-22-6-2-16;14-12-9-11(16-3-7-21(18,19)8-4-16)10-15-13(12)17-1-5-20-6-2-17/h9-10H,1-8H2;9-10H,1-8,14H2. The minimum atomic E-state index is -2.99. The lowest BCUT2D eigenvalue weighted by Gasteiger charge is -2.31. The highest BCUT2D eigenvalue weighted by atomic mass is 32.2. The average molecular weight is 655 g/mol. The number of nitrogens with zero attached hydrogens (tertiary/aromatic N) is 7. The molecule has 0 bridgehead atoms. The minimum Gasteiger partial charge on any atom is -0.396 e. The summed E-state index contributed by atoms with van der Waals surface area (Å²) in [6.07, 6.45) is 3.36. The summed E-state index contributed by atoms with van der Waals surface area (Å²) in [5.41, 5.74) is 8.17. The van der Waals surface area contributed by atoms with Gasteiger partial charge in [-0.1, -0.05) is 0 Å². The van der Waals surface area contributed by atoms with E-state index >= 15 is 0 Å². The Labute approximate surface area is 256 Å². The van der Waals surface area contributed by atoms with Gasteiger partial charge in [0, 0.05) is 58.4 Å². The van der Waals surface area contributed by atoms with E-state index in [1.54, 1.807) is 12.4 Å². The van der Waals surface area contributed by atoms with Crippen LogP contribution in [-0.4, -0.2) is 134 Å². The number of hydrogen-bond acceptors (Lipinski definition) is 15. The molecule has 6 heterocycles. The molecule has 4 fully saturated rings. The lowest BCUT2D eigenvalue weighted by molar-refractivity contribution is -0.384. The summed E-state index contributed by atoms with van der Waals surface area (Å²) in [4.78, 5) is 27.5. The van der Waals surface area contributed by atoms with Gasteiger partial charge in [0.05, 0.1) is 83.8 Å². The number of nitro groups is 1. The summed E-state index contributed by atoms with van der Waals surface area (Å²) in [7, 11) is -5.87. The Hall–Kier alpha value is -3.48. The van der Waals surface area contributed by atoms with E-state index in [1.165, 1.54) is 6.07 Å². The van der Waals surface area contributed by atoms with Crippen molar-refractivity contribution in [2.75, 3.05) is 127 Å². The molecule has 2 aromatic rings. The molecule has 0 saturated carbocycles. The number of pyridine rings is 2. The van der Waals surface area contributed by atoms with Crippen LogP contribution in [0.5, 0.6) is 0 Å². The highest BCUT2D eigenvalue weighted by Gasteiger charge is 2.28. The van der Waals surface area contributed by atoms with Gasteiger partial charge in [-0.15, -0.1) is 0 Å². The fourth-order valence-corrected chi connectivity index (χ4v) is 7.78. The summed E-state index contributed by atoms with van der Waals surface area (Å²) >= 11 is 0. The van der Waals surface area contributed by atoms with Crippen molar-refractivity contribution in [3.8, 4) is 0 Å². The van der Waals surface area contributed by atoms with E-state index in [9.17, 15) is 26.9 Å². The van der Waals surface area contributed by atoms with Crippen molar-refractivity contribution in [2.45, 2.75) is 0 Å². The Kier molecular flexibility index (Phi) is 9.91. The van der Waals surface area contributed by atoms with Crippen molar-refractivity contribution in [3.05, 3.63) is 34.6 Å². The molecule has 0 spiro atoms. The molecule has 4 aliphatic rings. The maximum Gasteiger partial charge on any atom is 0.313 e. The monoisotopic (exact) mass is 654 g/mol. The van der Waals surface area contributed by atoms with Gasteiger partial charge in [0.1, 0.15) is 0 Å². The van der Waals surface area contributed by atoms with Crippen LogP contribution in [0.2, 0.25) is 0 Å². The predicted octanol–water partition coefficient (Wildman–Crippen LogP) is -0.204. The molecule has 16 nitrogen and oxygen atoms in total. The van der Waals surface area contributed by atoms with Crippen molar-refractivity contribution < 1.29 is 31.2 Å². The number of sulfone groups is 2. The van der Waals surface area contributed by atoms with E-state index in [0.717, 1.165) is 24.6 Å². The SMILES string of the molecule is Nc1cc(N2CCS(=O)(=O)CC2)cnc1N1CCOCC1.O=[N+]([O-])c1cc(N2CCS(=O)(=O)CC2)cnc1N1CCOCC1. The van der Waals surface area contributed by atoms with E-state index in [4.69, 9.17) is 15.2 Å². The Balaban J connectivity index is 0.000000175. The van der Waals surface area contributed by atoms with Gasteiger partial charge >= 0.3 is 5.69 Å². The molecule has 0 unspecified atom stereocenters. The van der Waals surface area contributed by atoms with Crippen LogP contribution in [-0.2, 0) is 29.1 Å². The van der Waals surface area contributed by atoms with Gasteiger partial charge in [-0.05, 0) is 6.07 Å².